The second-order valence-electron chi connectivity index (χ2n) is 11.0. The number of amides is 2. The van der Waals surface area contributed by atoms with Crippen molar-refractivity contribution in [3.63, 3.8) is 0 Å². The summed E-state index contributed by atoms with van der Waals surface area (Å²) in [5, 5.41) is 43.2. The topological polar surface area (TPSA) is 342 Å². The molecule has 0 fully saturated rings. The first-order valence-corrected chi connectivity index (χ1v) is 20.9. The molecule has 0 radical (unpaired) electrons. The highest BCUT2D eigenvalue weighted by Crippen LogP contribution is 2.49. The molecule has 2 aromatic rings. The van der Waals surface area contributed by atoms with Crippen LogP contribution >= 0.6 is 59.6 Å². The number of thioether (sulfide) groups is 1. The molecule has 0 saturated carbocycles. The highest BCUT2D eigenvalue weighted by Gasteiger charge is 2.33. The molecule has 2 aromatic carbocycles. The number of hydrogen-bond donors (Lipinski definition) is 9. The molecule has 0 bridgehead atoms. The standard InChI is InChI=1S/C30H26Br3N3O16S3/c31-24-22(21(11-1-4-15(37)17(7-11)54(47,48)49)12-2-5-16(38)18(8-12)55(50,51)52)23(30(45)46)25(32)27(26(24)33)53-10-14(28(42)35-9-20(40)41)36-19(39)6-3-13(34)29(43)44/h1-2,4-5,7-8,13-14,37H,3,6,9-10,34H2,(H,35,42)(H,36,39)(H,40,41)(H,43,44)(H,45,46)(H,47,48,49)(H,50,51,52)/b21-12-/t13-,14-/m0/s1. The zero-order valence-electron chi connectivity index (χ0n) is 27.1. The minimum Gasteiger partial charge on any atom is -0.506 e. The summed E-state index contributed by atoms with van der Waals surface area (Å²) >= 11 is 10.6. The predicted molar refractivity (Wildman–Crippen MR) is 202 cm³/mol. The minimum atomic E-state index is -5.18. The molecule has 3 rings (SSSR count). The molecule has 1 aliphatic rings. The maximum absolute atomic E-state index is 13.0. The lowest BCUT2D eigenvalue weighted by molar-refractivity contribution is -0.139. The molecule has 0 aliphatic heterocycles. The minimum absolute atomic E-state index is 0.0227. The van der Waals surface area contributed by atoms with E-state index in [0.29, 0.717) is 6.08 Å². The number of carboxylic acid groups (broad SMARTS) is 3. The Morgan fingerprint density at radius 1 is 0.891 bits per heavy atom. The number of hydrogen-bond acceptors (Lipinski definition) is 13. The number of nitrogens with two attached hydrogens (primary N) is 1. The summed E-state index contributed by atoms with van der Waals surface area (Å²) in [5.74, 6) is -8.79. The van der Waals surface area contributed by atoms with E-state index < -0.39 is 108 Å². The van der Waals surface area contributed by atoms with E-state index in [4.69, 9.17) is 15.9 Å². The maximum atomic E-state index is 13.0. The average Bonchev–Trinajstić information content (AvgIpc) is 3.07. The van der Waals surface area contributed by atoms with Crippen molar-refractivity contribution in [2.75, 3.05) is 12.3 Å². The number of ketones is 1. The summed E-state index contributed by atoms with van der Waals surface area (Å²) in [6.07, 6.45) is 1.67. The Labute approximate surface area is 340 Å². The molecule has 0 heterocycles. The average molecular weight is 1020 g/mol. The normalized spacial score (nSPS) is 15.1. The van der Waals surface area contributed by atoms with E-state index in [-0.39, 0.29) is 47.0 Å². The van der Waals surface area contributed by atoms with Crippen LogP contribution in [0, 0.1) is 0 Å². The monoisotopic (exact) mass is 1020 g/mol. The van der Waals surface area contributed by atoms with Crippen molar-refractivity contribution in [2.45, 2.75) is 34.7 Å². The number of carbonyl (C=O) groups excluding carboxylic acids is 3. The Bertz CT molecular complexity index is 2330. The van der Waals surface area contributed by atoms with Crippen molar-refractivity contribution >= 4 is 121 Å². The van der Waals surface area contributed by atoms with Gasteiger partial charge >= 0.3 is 17.9 Å². The van der Waals surface area contributed by atoms with Crippen LogP contribution in [-0.2, 0) is 44.2 Å². The van der Waals surface area contributed by atoms with Crippen LogP contribution in [0.5, 0.6) is 5.75 Å². The maximum Gasteiger partial charge on any atom is 0.337 e. The Morgan fingerprint density at radius 3 is 2.07 bits per heavy atom. The number of nitrogens with one attached hydrogen (secondary N) is 2. The first-order valence-electron chi connectivity index (χ1n) is 14.7. The van der Waals surface area contributed by atoms with Gasteiger partial charge in [0.1, 0.15) is 34.2 Å². The molecule has 296 valence electrons. The quantitative estimate of drug-likeness (QED) is 0.0662. The number of benzene rings is 2. The van der Waals surface area contributed by atoms with Gasteiger partial charge in [0.15, 0.2) is 5.78 Å². The van der Waals surface area contributed by atoms with E-state index in [0.717, 1.165) is 42.1 Å². The molecule has 19 nitrogen and oxygen atoms in total. The second-order valence-corrected chi connectivity index (χ2v) is 17.2. The van der Waals surface area contributed by atoms with Gasteiger partial charge < -0.3 is 36.8 Å². The van der Waals surface area contributed by atoms with Gasteiger partial charge in [-0.2, -0.15) is 16.8 Å². The van der Waals surface area contributed by atoms with Gasteiger partial charge in [0, 0.05) is 36.1 Å². The third-order valence-corrected chi connectivity index (χ3v) is 13.6. The van der Waals surface area contributed by atoms with Gasteiger partial charge in [-0.3, -0.25) is 33.1 Å². The van der Waals surface area contributed by atoms with E-state index >= 15 is 0 Å². The number of halogens is 3. The Morgan fingerprint density at radius 2 is 1.53 bits per heavy atom. The highest BCUT2D eigenvalue weighted by atomic mass is 79.9. The fraction of sp³-hybridized carbons (Fsp3) is 0.200. The Kier molecular flexibility index (Phi) is 15.1. The SMILES string of the molecule is N[C@@H](CCC(=O)N[C@@H](CSc1c(Br)c(Br)c(/C(=C2/C=CC(=O)C(S(=O)(=O)O)=C2)c2ccc(O)c(S(=O)(=O)O)c2)c(C(=O)O)c1Br)C(=O)NCC(=O)O)C(=O)O. The number of carbonyl (C=O) groups is 6. The summed E-state index contributed by atoms with van der Waals surface area (Å²) in [6.45, 7) is -0.849. The van der Waals surface area contributed by atoms with E-state index in [1.807, 2.05) is 0 Å². The van der Waals surface area contributed by atoms with E-state index in [2.05, 4.69) is 58.4 Å². The van der Waals surface area contributed by atoms with Crippen LogP contribution in [0.25, 0.3) is 5.57 Å². The Hall–Kier alpha value is -3.95. The molecule has 0 saturated heterocycles. The summed E-state index contributed by atoms with van der Waals surface area (Å²) in [7, 11) is -10.3. The molecular formula is C30H26Br3N3O16S3. The summed E-state index contributed by atoms with van der Waals surface area (Å²) in [6, 6.07) is -0.269. The second kappa shape index (κ2) is 18.3. The fourth-order valence-corrected chi connectivity index (χ4v) is 9.58. The first-order chi connectivity index (χ1) is 25.4. The van der Waals surface area contributed by atoms with Crippen LogP contribution in [0.3, 0.4) is 0 Å². The number of aromatic carboxylic acids is 1. The number of aromatic hydroxyl groups is 1. The zero-order valence-corrected chi connectivity index (χ0v) is 34.4. The van der Waals surface area contributed by atoms with Gasteiger partial charge in [0.2, 0.25) is 11.8 Å². The summed E-state index contributed by atoms with van der Waals surface area (Å²) in [4.78, 5) is 71.0. The largest absolute Gasteiger partial charge is 0.506 e. The lowest BCUT2D eigenvalue weighted by Crippen LogP contribution is -2.49. The molecule has 0 aromatic heterocycles. The number of allylic oxidation sites excluding steroid dienone is 5. The number of phenolic OH excluding ortho intramolecular Hbond substituents is 1. The fourth-order valence-electron chi connectivity index (χ4n) is 4.71. The van der Waals surface area contributed by atoms with Crippen LogP contribution in [0.4, 0.5) is 0 Å². The van der Waals surface area contributed by atoms with Crippen molar-refractivity contribution in [2.24, 2.45) is 5.73 Å². The zero-order chi connectivity index (χ0) is 41.7. The smallest absolute Gasteiger partial charge is 0.337 e. The molecule has 55 heavy (non-hydrogen) atoms. The third-order valence-electron chi connectivity index (χ3n) is 7.24. The van der Waals surface area contributed by atoms with Crippen molar-refractivity contribution in [3.8, 4) is 5.75 Å². The number of aliphatic carboxylic acids is 2. The molecular weight excluding hydrogens is 994 g/mol. The van der Waals surface area contributed by atoms with E-state index in [9.17, 15) is 64.9 Å². The number of carboxylic acids is 3. The molecule has 0 unspecified atom stereocenters. The molecule has 0 spiro atoms. The highest BCUT2D eigenvalue weighted by molar-refractivity contribution is 9.13. The molecule has 2 atom stereocenters. The van der Waals surface area contributed by atoms with Gasteiger partial charge in [-0.05, 0) is 95.2 Å². The third kappa shape index (κ3) is 11.3. The molecule has 2 amide bonds. The number of phenols is 1. The lowest BCUT2D eigenvalue weighted by atomic mass is 9.88. The van der Waals surface area contributed by atoms with Crippen LogP contribution in [0.2, 0.25) is 0 Å². The van der Waals surface area contributed by atoms with Crippen molar-refractivity contribution in [1.82, 2.24) is 10.6 Å². The van der Waals surface area contributed by atoms with Crippen LogP contribution in [0.15, 0.2) is 70.1 Å². The van der Waals surface area contributed by atoms with Crippen molar-refractivity contribution in [3.05, 3.63) is 77.0 Å². The lowest BCUT2D eigenvalue weighted by Gasteiger charge is -2.23. The van der Waals surface area contributed by atoms with Crippen molar-refractivity contribution < 1.29 is 75.1 Å². The van der Waals surface area contributed by atoms with E-state index in [1.54, 1.807) is 0 Å². The Balaban J connectivity index is 2.30. The van der Waals surface area contributed by atoms with Gasteiger partial charge in [-0.1, -0.05) is 12.1 Å². The van der Waals surface area contributed by atoms with Crippen LogP contribution in [-0.4, -0.2) is 106 Å². The molecule has 1 aliphatic carbocycles. The number of rotatable bonds is 16. The van der Waals surface area contributed by atoms with Gasteiger partial charge in [-0.15, -0.1) is 11.8 Å². The summed E-state index contributed by atoms with van der Waals surface area (Å²) in [5.41, 5.74) is 3.60. The van der Waals surface area contributed by atoms with Crippen molar-refractivity contribution in [1.29, 1.82) is 0 Å². The van der Waals surface area contributed by atoms with Gasteiger partial charge in [0.05, 0.1) is 5.56 Å². The predicted octanol–water partition coefficient (Wildman–Crippen LogP) is 2.31. The first kappa shape index (κ1) is 45.4. The van der Waals surface area contributed by atoms with Gasteiger partial charge in [-0.25, -0.2) is 4.79 Å². The van der Waals surface area contributed by atoms with Gasteiger partial charge in [0.25, 0.3) is 20.2 Å². The molecule has 10 N–H and O–H groups in total. The van der Waals surface area contributed by atoms with E-state index in [1.165, 1.54) is 0 Å². The van der Waals surface area contributed by atoms with Crippen LogP contribution in [0.1, 0.15) is 34.3 Å². The summed E-state index contributed by atoms with van der Waals surface area (Å²) < 4.78 is 67.6. The van der Waals surface area contributed by atoms with Crippen LogP contribution < -0.4 is 16.4 Å². The molecule has 25 heteroatoms.